The molecule has 0 bridgehead atoms. The summed E-state index contributed by atoms with van der Waals surface area (Å²) in [6.07, 6.45) is 1.35. The van der Waals surface area contributed by atoms with Crippen molar-refractivity contribution in [3.8, 4) is 11.1 Å². The van der Waals surface area contributed by atoms with Gasteiger partial charge in [0.1, 0.15) is 11.6 Å². The SMILES string of the molecule is CCC(C)c1ccc(-c2ccccc2)c(CNC[C@@H](S)[C@H](Cc2cc(F)cc(F)c2)NC(C)=O)c1. The number of hydrogen-bond acceptors (Lipinski definition) is 3. The van der Waals surface area contributed by atoms with Crippen LogP contribution in [0.4, 0.5) is 8.78 Å². The second kappa shape index (κ2) is 12.8. The largest absolute Gasteiger partial charge is 0.352 e. The Hall–Kier alpha value is -2.70. The van der Waals surface area contributed by atoms with Gasteiger partial charge in [-0.3, -0.25) is 4.79 Å². The van der Waals surface area contributed by atoms with Crippen LogP contribution in [-0.4, -0.2) is 23.7 Å². The number of hydrogen-bond donors (Lipinski definition) is 3. The predicted molar refractivity (Wildman–Crippen MR) is 143 cm³/mol. The molecule has 2 N–H and O–H groups in total. The lowest BCUT2D eigenvalue weighted by Crippen LogP contribution is -2.45. The number of rotatable bonds is 11. The quantitative estimate of drug-likeness (QED) is 0.274. The van der Waals surface area contributed by atoms with Crippen molar-refractivity contribution in [1.29, 1.82) is 0 Å². The molecule has 0 saturated carbocycles. The van der Waals surface area contributed by atoms with Crippen molar-refractivity contribution in [3.05, 3.63) is 95.1 Å². The smallest absolute Gasteiger partial charge is 0.217 e. The molecule has 0 fully saturated rings. The fourth-order valence-electron chi connectivity index (χ4n) is 4.23. The van der Waals surface area contributed by atoms with Gasteiger partial charge >= 0.3 is 0 Å². The third kappa shape index (κ3) is 7.91. The highest BCUT2D eigenvalue weighted by molar-refractivity contribution is 7.81. The Morgan fingerprint density at radius 3 is 2.31 bits per heavy atom. The van der Waals surface area contributed by atoms with Gasteiger partial charge in [-0.1, -0.05) is 62.4 Å². The molecule has 3 atom stereocenters. The molecule has 3 rings (SSSR count). The fraction of sp³-hybridized carbons (Fsp3) is 0.345. The molecule has 35 heavy (non-hydrogen) atoms. The van der Waals surface area contributed by atoms with Crippen LogP contribution in [0.5, 0.6) is 0 Å². The van der Waals surface area contributed by atoms with E-state index in [0.29, 0.717) is 24.6 Å². The summed E-state index contributed by atoms with van der Waals surface area (Å²) in [4.78, 5) is 11.8. The summed E-state index contributed by atoms with van der Waals surface area (Å²) in [5.41, 5.74) is 5.31. The maximum atomic E-state index is 13.7. The maximum Gasteiger partial charge on any atom is 0.217 e. The van der Waals surface area contributed by atoms with Crippen LogP contribution in [0.2, 0.25) is 0 Å². The van der Waals surface area contributed by atoms with E-state index in [2.05, 4.69) is 54.8 Å². The molecular formula is C29H34F2N2OS. The van der Waals surface area contributed by atoms with E-state index in [0.717, 1.165) is 18.1 Å². The molecule has 0 aromatic heterocycles. The number of thiol groups is 1. The average molecular weight is 497 g/mol. The molecule has 0 spiro atoms. The first-order valence-corrected chi connectivity index (χ1v) is 12.6. The van der Waals surface area contributed by atoms with Crippen LogP contribution >= 0.6 is 12.6 Å². The van der Waals surface area contributed by atoms with Gasteiger partial charge in [-0.2, -0.15) is 12.6 Å². The number of nitrogens with one attached hydrogen (secondary N) is 2. The van der Waals surface area contributed by atoms with Crippen molar-refractivity contribution in [2.45, 2.75) is 57.4 Å². The van der Waals surface area contributed by atoms with Crippen molar-refractivity contribution in [2.75, 3.05) is 6.54 Å². The summed E-state index contributed by atoms with van der Waals surface area (Å²) >= 11 is 4.73. The standard InChI is InChI=1S/C29H34F2N2OS/c1-4-19(2)23-10-11-27(22-8-6-5-7-9-22)24(15-23)17-32-18-29(35)28(33-20(3)34)14-21-12-25(30)16-26(31)13-21/h5-13,15-16,19,28-29,32,35H,4,14,17-18H2,1-3H3,(H,33,34)/t19?,28-,29+/m0/s1. The third-order valence-electron chi connectivity index (χ3n) is 6.30. The van der Waals surface area contributed by atoms with Gasteiger partial charge in [0.2, 0.25) is 5.91 Å². The third-order valence-corrected chi connectivity index (χ3v) is 6.84. The van der Waals surface area contributed by atoms with Gasteiger partial charge in [0.25, 0.3) is 0 Å². The number of carbonyl (C=O) groups is 1. The molecule has 0 radical (unpaired) electrons. The second-order valence-electron chi connectivity index (χ2n) is 9.08. The molecule has 3 aromatic rings. The van der Waals surface area contributed by atoms with Crippen LogP contribution in [0.25, 0.3) is 11.1 Å². The van der Waals surface area contributed by atoms with E-state index in [4.69, 9.17) is 12.6 Å². The normalized spacial score (nSPS) is 13.8. The Morgan fingerprint density at radius 1 is 1.00 bits per heavy atom. The lowest BCUT2D eigenvalue weighted by molar-refractivity contribution is -0.119. The minimum absolute atomic E-state index is 0.210. The lowest BCUT2D eigenvalue weighted by atomic mass is 9.92. The van der Waals surface area contributed by atoms with E-state index < -0.39 is 11.6 Å². The van der Waals surface area contributed by atoms with Crippen molar-refractivity contribution >= 4 is 18.5 Å². The minimum atomic E-state index is -0.634. The lowest BCUT2D eigenvalue weighted by Gasteiger charge is -2.25. The Morgan fingerprint density at radius 2 is 1.69 bits per heavy atom. The summed E-state index contributed by atoms with van der Waals surface area (Å²) in [6, 6.07) is 20.0. The Kier molecular flexibility index (Phi) is 9.87. The molecule has 3 aromatic carbocycles. The van der Waals surface area contributed by atoms with E-state index in [1.54, 1.807) is 0 Å². The number of carbonyl (C=O) groups excluding carboxylic acids is 1. The number of benzene rings is 3. The highest BCUT2D eigenvalue weighted by Crippen LogP contribution is 2.28. The molecule has 6 heteroatoms. The fourth-order valence-corrected chi connectivity index (χ4v) is 4.53. The summed E-state index contributed by atoms with van der Waals surface area (Å²) in [6.45, 7) is 6.98. The van der Waals surface area contributed by atoms with Gasteiger partial charge < -0.3 is 10.6 Å². The maximum absolute atomic E-state index is 13.7. The van der Waals surface area contributed by atoms with Gasteiger partial charge in [0.15, 0.2) is 0 Å². The summed E-state index contributed by atoms with van der Waals surface area (Å²) in [5, 5.41) is 6.11. The zero-order valence-corrected chi connectivity index (χ0v) is 21.4. The monoisotopic (exact) mass is 496 g/mol. The second-order valence-corrected chi connectivity index (χ2v) is 9.74. The van der Waals surface area contributed by atoms with Crippen LogP contribution in [0.1, 0.15) is 49.8 Å². The molecule has 0 saturated heterocycles. The van der Waals surface area contributed by atoms with Crippen LogP contribution in [-0.2, 0) is 17.8 Å². The summed E-state index contributed by atoms with van der Waals surface area (Å²) < 4.78 is 27.3. The Balaban J connectivity index is 1.74. The molecule has 3 nitrogen and oxygen atoms in total. The van der Waals surface area contributed by atoms with Gasteiger partial charge in [-0.05, 0) is 58.7 Å². The van der Waals surface area contributed by atoms with E-state index in [9.17, 15) is 13.6 Å². The highest BCUT2D eigenvalue weighted by Gasteiger charge is 2.20. The van der Waals surface area contributed by atoms with E-state index in [1.807, 2.05) is 18.2 Å². The molecule has 1 unspecified atom stereocenters. The van der Waals surface area contributed by atoms with Crippen molar-refractivity contribution < 1.29 is 13.6 Å². The van der Waals surface area contributed by atoms with E-state index in [1.165, 1.54) is 35.7 Å². The molecule has 0 aliphatic heterocycles. The molecule has 186 valence electrons. The summed E-state index contributed by atoms with van der Waals surface area (Å²) in [7, 11) is 0. The van der Waals surface area contributed by atoms with Crippen LogP contribution in [0.3, 0.4) is 0 Å². The first kappa shape index (κ1) is 26.9. The molecular weight excluding hydrogens is 462 g/mol. The minimum Gasteiger partial charge on any atom is -0.352 e. The van der Waals surface area contributed by atoms with Crippen LogP contribution in [0.15, 0.2) is 66.7 Å². The number of halogens is 2. The zero-order chi connectivity index (χ0) is 25.4. The zero-order valence-electron chi connectivity index (χ0n) is 20.5. The molecule has 0 heterocycles. The number of amides is 1. The molecule has 0 aliphatic rings. The van der Waals surface area contributed by atoms with Gasteiger partial charge in [-0.25, -0.2) is 8.78 Å². The van der Waals surface area contributed by atoms with E-state index >= 15 is 0 Å². The Labute approximate surface area is 212 Å². The first-order chi connectivity index (χ1) is 16.8. The highest BCUT2D eigenvalue weighted by atomic mass is 32.1. The van der Waals surface area contributed by atoms with Crippen molar-refractivity contribution in [3.63, 3.8) is 0 Å². The average Bonchev–Trinajstić information content (AvgIpc) is 2.82. The predicted octanol–water partition coefficient (Wildman–Crippen LogP) is 6.28. The van der Waals surface area contributed by atoms with Crippen molar-refractivity contribution in [2.24, 2.45) is 0 Å². The Bertz CT molecular complexity index is 1100. The van der Waals surface area contributed by atoms with Gasteiger partial charge in [-0.15, -0.1) is 0 Å². The van der Waals surface area contributed by atoms with Crippen LogP contribution in [0, 0.1) is 11.6 Å². The van der Waals surface area contributed by atoms with Gasteiger partial charge in [0, 0.05) is 37.4 Å². The van der Waals surface area contributed by atoms with Crippen LogP contribution < -0.4 is 10.6 Å². The van der Waals surface area contributed by atoms with Crippen molar-refractivity contribution in [1.82, 2.24) is 10.6 Å². The summed E-state index contributed by atoms with van der Waals surface area (Å²) in [5.74, 6) is -1.01. The topological polar surface area (TPSA) is 41.1 Å². The molecule has 1 amide bonds. The van der Waals surface area contributed by atoms with E-state index in [-0.39, 0.29) is 23.6 Å². The first-order valence-electron chi connectivity index (χ1n) is 12.1. The molecule has 0 aliphatic carbocycles. The van der Waals surface area contributed by atoms with Gasteiger partial charge in [0.05, 0.1) is 0 Å².